The first-order valence-electron chi connectivity index (χ1n) is 20.0. The molecular weight excluding hydrogens is 763 g/mol. The number of phenolic OH excluding ortho intramolecular Hbond substituents is 1. The van der Waals surface area contributed by atoms with Crippen LogP contribution in [-0.2, 0) is 14.4 Å². The molecule has 5 amide bonds. The summed E-state index contributed by atoms with van der Waals surface area (Å²) in [6, 6.07) is 15.8. The first-order chi connectivity index (χ1) is 27.6. The highest BCUT2D eigenvalue weighted by molar-refractivity contribution is 8.00. The summed E-state index contributed by atoms with van der Waals surface area (Å²) in [5, 5.41) is 26.2. The van der Waals surface area contributed by atoms with Crippen LogP contribution in [0.1, 0.15) is 76.2 Å². The lowest BCUT2D eigenvalue weighted by Gasteiger charge is -2.17. The summed E-state index contributed by atoms with van der Waals surface area (Å²) in [6.45, 7) is 3.26. The SMILES string of the molecule is Cc1cc(NC(=O)CCCCCSCC(=O)NCCCCCNC(=O)CCCC[C@@H]2SC[C@@H]3NC(=O)N[C@@H]32)ccc1-c1c2ccc(=O)cc-2oc2cc(O)ccc12. The second-order valence-electron chi connectivity index (χ2n) is 14.9. The molecular formula is C43H53N5O7S2. The molecule has 2 saturated heterocycles. The molecule has 2 aromatic rings. The zero-order chi connectivity index (χ0) is 40.1. The molecule has 57 heavy (non-hydrogen) atoms. The number of carbonyl (C=O) groups is 4. The van der Waals surface area contributed by atoms with E-state index in [4.69, 9.17) is 4.42 Å². The Labute approximate surface area is 341 Å². The molecule has 0 unspecified atom stereocenters. The average Bonchev–Trinajstić information content (AvgIpc) is 3.73. The molecule has 2 fully saturated rings. The number of thioether (sulfide) groups is 2. The number of unbranched alkanes of at least 4 members (excludes halogenated alkanes) is 5. The average molecular weight is 816 g/mol. The maximum Gasteiger partial charge on any atom is 0.315 e. The molecule has 1 aliphatic carbocycles. The Hall–Kier alpha value is -4.69. The molecule has 0 aromatic heterocycles. The third-order valence-corrected chi connectivity index (χ3v) is 13.0. The molecule has 2 aromatic carbocycles. The molecule has 304 valence electrons. The van der Waals surface area contributed by atoms with Crippen LogP contribution in [0, 0.1) is 6.92 Å². The number of nitrogens with one attached hydrogen (secondary N) is 5. The molecule has 14 heteroatoms. The monoisotopic (exact) mass is 815 g/mol. The Balaban J connectivity index is 0.777. The van der Waals surface area contributed by atoms with Crippen molar-refractivity contribution in [3.05, 3.63) is 70.4 Å². The topological polar surface area (TPSA) is 179 Å². The largest absolute Gasteiger partial charge is 0.508 e. The van der Waals surface area contributed by atoms with E-state index < -0.39 is 0 Å². The molecule has 3 atom stereocenters. The number of anilines is 1. The van der Waals surface area contributed by atoms with Crippen molar-refractivity contribution in [3.8, 4) is 28.2 Å². The fraction of sp³-hybridized carbons (Fsp3) is 0.465. The van der Waals surface area contributed by atoms with Gasteiger partial charge in [0.05, 0.1) is 17.8 Å². The van der Waals surface area contributed by atoms with Gasteiger partial charge < -0.3 is 36.1 Å². The Morgan fingerprint density at radius 3 is 2.40 bits per heavy atom. The highest BCUT2D eigenvalue weighted by Gasteiger charge is 2.42. The van der Waals surface area contributed by atoms with Crippen LogP contribution in [0.3, 0.4) is 0 Å². The van der Waals surface area contributed by atoms with E-state index in [-0.39, 0.29) is 47.0 Å². The number of amides is 5. The van der Waals surface area contributed by atoms with Crippen molar-refractivity contribution in [2.75, 3.05) is 35.7 Å². The standard InChI is InChI=1S/C43H53N5O7S2/c1-27-22-28(13-16-31(27)41-32-17-14-29(49)23-35(32)55-36-24-30(50)15-18-33(36)41)46-39(52)12-4-2-9-21-56-26-40(53)45-20-8-3-7-19-44-38(51)11-6-5-10-37-42-34(25-57-37)47-43(54)48-42/h13-18,22-24,34,37,42,49H,2-12,19-21,25-26H2,1H3,(H,44,51)(H,45,53)(H,46,52)(H2,47,48,54)/t34-,37-,42-/m0/s1. The molecule has 0 radical (unpaired) electrons. The van der Waals surface area contributed by atoms with Crippen molar-refractivity contribution in [1.29, 1.82) is 0 Å². The quantitative estimate of drug-likeness (QED) is 0.0295. The third-order valence-electron chi connectivity index (χ3n) is 10.5. The van der Waals surface area contributed by atoms with Crippen LogP contribution in [0.15, 0.2) is 63.8 Å². The van der Waals surface area contributed by atoms with Gasteiger partial charge in [-0.05, 0) is 105 Å². The van der Waals surface area contributed by atoms with Gasteiger partial charge in [0.15, 0.2) is 5.43 Å². The molecule has 3 aliphatic heterocycles. The normalized spacial score (nSPS) is 17.3. The number of hydrogen-bond donors (Lipinski definition) is 6. The Bertz CT molecular complexity index is 2070. The summed E-state index contributed by atoms with van der Waals surface area (Å²) in [7, 11) is 0. The number of fused-ring (bicyclic) bond motifs is 3. The van der Waals surface area contributed by atoms with Crippen molar-refractivity contribution in [2.24, 2.45) is 0 Å². The predicted molar refractivity (Wildman–Crippen MR) is 229 cm³/mol. The minimum Gasteiger partial charge on any atom is -0.508 e. The minimum absolute atomic E-state index is 0.0339. The summed E-state index contributed by atoms with van der Waals surface area (Å²) >= 11 is 3.51. The lowest BCUT2D eigenvalue weighted by Crippen LogP contribution is -2.36. The van der Waals surface area contributed by atoms with Gasteiger partial charge in [0.25, 0.3) is 0 Å². The van der Waals surface area contributed by atoms with Gasteiger partial charge in [0.1, 0.15) is 17.1 Å². The number of aryl methyl sites for hydroxylation is 1. The van der Waals surface area contributed by atoms with Gasteiger partial charge in [0, 0.05) is 71.3 Å². The number of urea groups is 1. The van der Waals surface area contributed by atoms with Crippen molar-refractivity contribution in [2.45, 2.75) is 94.9 Å². The zero-order valence-corrected chi connectivity index (χ0v) is 34.1. The molecule has 6 N–H and O–H groups in total. The molecule has 6 rings (SSSR count). The summed E-state index contributed by atoms with van der Waals surface area (Å²) in [5.74, 6) is 2.82. The van der Waals surface area contributed by atoms with Crippen molar-refractivity contribution in [1.82, 2.24) is 21.3 Å². The van der Waals surface area contributed by atoms with E-state index in [0.717, 1.165) is 96.9 Å². The lowest BCUT2D eigenvalue weighted by atomic mass is 9.91. The smallest absolute Gasteiger partial charge is 0.315 e. The second-order valence-corrected chi connectivity index (χ2v) is 17.3. The van der Waals surface area contributed by atoms with Crippen LogP contribution in [0.2, 0.25) is 0 Å². The van der Waals surface area contributed by atoms with Crippen LogP contribution in [-0.4, -0.2) is 76.5 Å². The van der Waals surface area contributed by atoms with Crippen molar-refractivity contribution < 1.29 is 28.7 Å². The highest BCUT2D eigenvalue weighted by Crippen LogP contribution is 2.42. The van der Waals surface area contributed by atoms with Crippen LogP contribution < -0.4 is 32.0 Å². The van der Waals surface area contributed by atoms with E-state index in [1.165, 1.54) is 12.1 Å². The summed E-state index contributed by atoms with van der Waals surface area (Å²) < 4.78 is 5.97. The fourth-order valence-corrected chi connectivity index (χ4v) is 9.91. The molecule has 0 spiro atoms. The minimum atomic E-state index is -0.163. The molecule has 4 aliphatic rings. The van der Waals surface area contributed by atoms with E-state index in [2.05, 4.69) is 26.6 Å². The van der Waals surface area contributed by atoms with Crippen molar-refractivity contribution >= 4 is 63.9 Å². The third kappa shape index (κ3) is 11.9. The number of phenols is 1. The van der Waals surface area contributed by atoms with Gasteiger partial charge in [-0.15, -0.1) is 0 Å². The van der Waals surface area contributed by atoms with Gasteiger partial charge in [0.2, 0.25) is 17.7 Å². The molecule has 0 saturated carbocycles. The fourth-order valence-electron chi connectivity index (χ4n) is 7.52. The first kappa shape index (κ1) is 41.9. The zero-order valence-electron chi connectivity index (χ0n) is 32.5. The summed E-state index contributed by atoms with van der Waals surface area (Å²) in [6.07, 6.45) is 9.07. The maximum atomic E-state index is 12.7. The van der Waals surface area contributed by atoms with Gasteiger partial charge in [-0.25, -0.2) is 4.79 Å². The van der Waals surface area contributed by atoms with Crippen LogP contribution in [0.25, 0.3) is 33.4 Å². The van der Waals surface area contributed by atoms with E-state index in [0.29, 0.717) is 54.0 Å². The molecule has 12 nitrogen and oxygen atoms in total. The number of benzene rings is 3. The summed E-state index contributed by atoms with van der Waals surface area (Å²) in [4.78, 5) is 60.7. The number of hydrogen-bond acceptors (Lipinski definition) is 9. The van der Waals surface area contributed by atoms with Gasteiger partial charge in [-0.1, -0.05) is 18.9 Å². The first-order valence-corrected chi connectivity index (χ1v) is 22.3. The van der Waals surface area contributed by atoms with Gasteiger partial charge in [-0.2, -0.15) is 23.5 Å². The van der Waals surface area contributed by atoms with Crippen LogP contribution in [0.5, 0.6) is 5.75 Å². The second kappa shape index (κ2) is 20.6. The molecule has 3 heterocycles. The Morgan fingerprint density at radius 1 is 0.825 bits per heavy atom. The van der Waals surface area contributed by atoms with E-state index >= 15 is 0 Å². The summed E-state index contributed by atoms with van der Waals surface area (Å²) in [5.41, 5.74) is 4.57. The van der Waals surface area contributed by atoms with Crippen molar-refractivity contribution in [3.63, 3.8) is 0 Å². The van der Waals surface area contributed by atoms with Crippen LogP contribution >= 0.6 is 23.5 Å². The highest BCUT2D eigenvalue weighted by atomic mass is 32.2. The Kier molecular flexibility index (Phi) is 15.2. The predicted octanol–water partition coefficient (Wildman–Crippen LogP) is 6.94. The maximum absolute atomic E-state index is 12.7. The Morgan fingerprint density at radius 2 is 1.58 bits per heavy atom. The van der Waals surface area contributed by atoms with E-state index in [1.807, 2.05) is 36.9 Å². The molecule has 0 bridgehead atoms. The van der Waals surface area contributed by atoms with E-state index in [9.17, 15) is 29.1 Å². The number of aromatic hydroxyl groups is 1. The van der Waals surface area contributed by atoms with Gasteiger partial charge in [-0.3, -0.25) is 19.2 Å². The van der Waals surface area contributed by atoms with Gasteiger partial charge >= 0.3 is 6.03 Å². The van der Waals surface area contributed by atoms with E-state index in [1.54, 1.807) is 36.0 Å². The van der Waals surface area contributed by atoms with Crippen LogP contribution in [0.4, 0.5) is 10.5 Å². The number of carbonyl (C=O) groups excluding carboxylic acids is 4. The number of rotatable bonds is 21. The lowest BCUT2D eigenvalue weighted by molar-refractivity contribution is -0.121.